The van der Waals surface area contributed by atoms with Crippen LogP contribution in [0.2, 0.25) is 0 Å². The predicted molar refractivity (Wildman–Crippen MR) is 101 cm³/mol. The number of aromatic nitrogens is 5. The summed E-state index contributed by atoms with van der Waals surface area (Å²) >= 11 is 0. The van der Waals surface area contributed by atoms with Crippen molar-refractivity contribution in [2.24, 2.45) is 5.92 Å². The smallest absolute Gasteiger partial charge is 0.0925 e. The SMILES string of the molecule is Cc1[nH]cnc1CN1CCC[C@H](Cn2cc(Cc3ccccc3)nn2)C1. The van der Waals surface area contributed by atoms with E-state index in [0.29, 0.717) is 5.92 Å². The van der Waals surface area contributed by atoms with Gasteiger partial charge in [-0.1, -0.05) is 35.5 Å². The molecule has 1 aliphatic heterocycles. The van der Waals surface area contributed by atoms with Crippen molar-refractivity contribution in [1.29, 1.82) is 0 Å². The van der Waals surface area contributed by atoms with E-state index in [9.17, 15) is 0 Å². The van der Waals surface area contributed by atoms with Gasteiger partial charge in [-0.25, -0.2) is 4.98 Å². The molecule has 0 saturated carbocycles. The number of H-pyrrole nitrogens is 1. The van der Waals surface area contributed by atoms with Crippen LogP contribution in [0.5, 0.6) is 0 Å². The molecule has 0 amide bonds. The molecule has 26 heavy (non-hydrogen) atoms. The largest absolute Gasteiger partial charge is 0.348 e. The molecule has 3 aromatic rings. The number of imidazole rings is 1. The minimum atomic E-state index is 0.620. The molecule has 0 aliphatic carbocycles. The zero-order chi connectivity index (χ0) is 17.8. The van der Waals surface area contributed by atoms with Gasteiger partial charge in [-0.3, -0.25) is 9.58 Å². The van der Waals surface area contributed by atoms with Gasteiger partial charge < -0.3 is 4.98 Å². The summed E-state index contributed by atoms with van der Waals surface area (Å²) in [7, 11) is 0. The van der Waals surface area contributed by atoms with Gasteiger partial charge in [0, 0.05) is 37.9 Å². The number of benzene rings is 1. The van der Waals surface area contributed by atoms with Crippen molar-refractivity contribution >= 4 is 0 Å². The Morgan fingerprint density at radius 2 is 2.12 bits per heavy atom. The first kappa shape index (κ1) is 17.0. The van der Waals surface area contributed by atoms with Crippen LogP contribution in [0, 0.1) is 12.8 Å². The van der Waals surface area contributed by atoms with Gasteiger partial charge in [0.25, 0.3) is 0 Å². The highest BCUT2D eigenvalue weighted by Crippen LogP contribution is 2.20. The summed E-state index contributed by atoms with van der Waals surface area (Å²) in [6.45, 7) is 6.22. The lowest BCUT2D eigenvalue weighted by molar-refractivity contribution is 0.151. The van der Waals surface area contributed by atoms with Gasteiger partial charge in [-0.05, 0) is 37.8 Å². The Morgan fingerprint density at radius 1 is 1.23 bits per heavy atom. The molecular weight excluding hydrogens is 324 g/mol. The van der Waals surface area contributed by atoms with E-state index in [0.717, 1.165) is 44.0 Å². The van der Waals surface area contributed by atoms with Crippen molar-refractivity contribution < 1.29 is 0 Å². The van der Waals surface area contributed by atoms with Crippen LogP contribution in [0.15, 0.2) is 42.9 Å². The van der Waals surface area contributed by atoms with E-state index >= 15 is 0 Å². The van der Waals surface area contributed by atoms with Crippen LogP contribution in [0.25, 0.3) is 0 Å². The molecule has 1 saturated heterocycles. The van der Waals surface area contributed by atoms with E-state index in [4.69, 9.17) is 0 Å². The molecule has 1 atom stereocenters. The van der Waals surface area contributed by atoms with Crippen LogP contribution in [0.4, 0.5) is 0 Å². The van der Waals surface area contributed by atoms with Crippen LogP contribution in [-0.4, -0.2) is 43.0 Å². The lowest BCUT2D eigenvalue weighted by atomic mass is 9.98. The molecule has 0 spiro atoms. The maximum Gasteiger partial charge on any atom is 0.0925 e. The van der Waals surface area contributed by atoms with Crippen molar-refractivity contribution in [2.75, 3.05) is 13.1 Å². The monoisotopic (exact) mass is 350 g/mol. The summed E-state index contributed by atoms with van der Waals surface area (Å²) in [6.07, 6.45) is 7.22. The normalized spacial score (nSPS) is 18.3. The second-order valence-electron chi connectivity index (χ2n) is 7.31. The second-order valence-corrected chi connectivity index (χ2v) is 7.31. The quantitative estimate of drug-likeness (QED) is 0.742. The van der Waals surface area contributed by atoms with Gasteiger partial charge in [-0.15, -0.1) is 5.10 Å². The van der Waals surface area contributed by atoms with E-state index in [1.165, 1.54) is 24.1 Å². The molecule has 1 aliphatic rings. The van der Waals surface area contributed by atoms with E-state index in [2.05, 4.69) is 62.6 Å². The molecule has 2 aromatic heterocycles. The molecule has 4 rings (SSSR count). The third-order valence-electron chi connectivity index (χ3n) is 5.17. The Morgan fingerprint density at radius 3 is 2.92 bits per heavy atom. The van der Waals surface area contributed by atoms with Gasteiger partial charge in [-0.2, -0.15) is 0 Å². The maximum atomic E-state index is 4.44. The summed E-state index contributed by atoms with van der Waals surface area (Å²) in [5, 5.41) is 8.71. The highest BCUT2D eigenvalue weighted by molar-refractivity contribution is 5.19. The van der Waals surface area contributed by atoms with Gasteiger partial charge in [0.15, 0.2) is 0 Å². The number of piperidine rings is 1. The molecule has 136 valence electrons. The average molecular weight is 350 g/mol. The van der Waals surface area contributed by atoms with E-state index in [1.807, 2.05) is 10.7 Å². The van der Waals surface area contributed by atoms with Crippen molar-refractivity contribution in [1.82, 2.24) is 29.9 Å². The minimum Gasteiger partial charge on any atom is -0.348 e. The first-order valence-electron chi connectivity index (χ1n) is 9.40. The predicted octanol–water partition coefficient (Wildman–Crippen LogP) is 2.81. The third kappa shape index (κ3) is 4.19. The molecular formula is C20H26N6. The Bertz CT molecular complexity index is 822. The van der Waals surface area contributed by atoms with Crippen LogP contribution in [-0.2, 0) is 19.5 Å². The fourth-order valence-electron chi connectivity index (χ4n) is 3.78. The molecule has 3 heterocycles. The van der Waals surface area contributed by atoms with Gasteiger partial charge in [0.2, 0.25) is 0 Å². The molecule has 0 unspecified atom stereocenters. The highest BCUT2D eigenvalue weighted by Gasteiger charge is 2.22. The molecule has 6 heteroatoms. The molecule has 0 radical (unpaired) electrons. The molecule has 1 N–H and O–H groups in total. The van der Waals surface area contributed by atoms with Gasteiger partial charge >= 0.3 is 0 Å². The molecule has 6 nitrogen and oxygen atoms in total. The highest BCUT2D eigenvalue weighted by atomic mass is 15.4. The average Bonchev–Trinajstić information content (AvgIpc) is 3.25. The van der Waals surface area contributed by atoms with Crippen molar-refractivity contribution in [3.05, 3.63) is 65.5 Å². The van der Waals surface area contributed by atoms with Crippen molar-refractivity contribution in [3.8, 4) is 0 Å². The first-order chi connectivity index (χ1) is 12.8. The van der Waals surface area contributed by atoms with Crippen LogP contribution < -0.4 is 0 Å². The van der Waals surface area contributed by atoms with Gasteiger partial charge in [0.1, 0.15) is 0 Å². The van der Waals surface area contributed by atoms with Crippen molar-refractivity contribution in [3.63, 3.8) is 0 Å². The number of hydrogen-bond donors (Lipinski definition) is 1. The molecule has 1 aromatic carbocycles. The summed E-state index contributed by atoms with van der Waals surface area (Å²) in [5.41, 5.74) is 4.65. The number of nitrogens with zero attached hydrogens (tertiary/aromatic N) is 5. The number of nitrogens with one attached hydrogen (secondary N) is 1. The minimum absolute atomic E-state index is 0.620. The zero-order valence-electron chi connectivity index (χ0n) is 15.3. The summed E-state index contributed by atoms with van der Waals surface area (Å²) in [5.74, 6) is 0.620. The van der Waals surface area contributed by atoms with Crippen molar-refractivity contribution in [2.45, 2.75) is 39.3 Å². The second kappa shape index (κ2) is 7.83. The maximum absolute atomic E-state index is 4.44. The Hall–Kier alpha value is -2.47. The third-order valence-corrected chi connectivity index (χ3v) is 5.17. The number of aromatic amines is 1. The number of hydrogen-bond acceptors (Lipinski definition) is 4. The van der Waals surface area contributed by atoms with E-state index in [-0.39, 0.29) is 0 Å². The molecule has 0 bridgehead atoms. The lowest BCUT2D eigenvalue weighted by Gasteiger charge is -2.32. The van der Waals surface area contributed by atoms with E-state index in [1.54, 1.807) is 6.33 Å². The van der Waals surface area contributed by atoms with Gasteiger partial charge in [0.05, 0.1) is 17.7 Å². The van der Waals surface area contributed by atoms with Crippen LogP contribution in [0.1, 0.15) is 35.5 Å². The summed E-state index contributed by atoms with van der Waals surface area (Å²) in [4.78, 5) is 10.1. The number of aryl methyl sites for hydroxylation is 1. The number of rotatable bonds is 6. The Balaban J connectivity index is 1.33. The topological polar surface area (TPSA) is 62.6 Å². The number of likely N-dealkylation sites (tertiary alicyclic amines) is 1. The standard InChI is InChI=1S/C20H26N6/c1-16-20(22-15-21-16)14-25-9-5-8-18(11-25)12-26-13-19(23-24-26)10-17-6-3-2-4-7-17/h2-4,6-7,13,15,18H,5,8-12,14H2,1H3,(H,21,22)/t18-/m0/s1. The van der Waals surface area contributed by atoms with Crippen LogP contribution >= 0.6 is 0 Å². The Labute approximate surface area is 154 Å². The fraction of sp³-hybridized carbons (Fsp3) is 0.450. The van der Waals surface area contributed by atoms with E-state index < -0.39 is 0 Å². The molecule has 1 fully saturated rings. The zero-order valence-corrected chi connectivity index (χ0v) is 15.3. The lowest BCUT2D eigenvalue weighted by Crippen LogP contribution is -2.36. The fourth-order valence-corrected chi connectivity index (χ4v) is 3.78. The summed E-state index contributed by atoms with van der Waals surface area (Å²) < 4.78 is 2.02. The van der Waals surface area contributed by atoms with Crippen LogP contribution in [0.3, 0.4) is 0 Å². The first-order valence-corrected chi connectivity index (χ1v) is 9.40. The Kier molecular flexibility index (Phi) is 5.11. The summed E-state index contributed by atoms with van der Waals surface area (Å²) in [6, 6.07) is 10.4.